The van der Waals surface area contributed by atoms with E-state index in [1.165, 1.54) is 25.7 Å². The number of hydrogen-bond acceptors (Lipinski definition) is 2. The molecule has 0 aromatic rings. The lowest BCUT2D eigenvalue weighted by Crippen LogP contribution is -2.49. The standard InChI is InChI=1S/C12H20BrNOS/c1-16-10-6-4-9(5-7-10)14-8-2-3-11(13)12(14)15/h9-11H,2-8H2,1H3. The highest BCUT2D eigenvalue weighted by molar-refractivity contribution is 9.10. The Hall–Kier alpha value is 0.300. The molecule has 0 spiro atoms. The smallest absolute Gasteiger partial charge is 0.236 e. The van der Waals surface area contributed by atoms with E-state index in [1.807, 2.05) is 11.8 Å². The Morgan fingerprint density at radius 2 is 1.94 bits per heavy atom. The van der Waals surface area contributed by atoms with E-state index in [1.54, 1.807) is 0 Å². The van der Waals surface area contributed by atoms with Crippen LogP contribution < -0.4 is 0 Å². The average Bonchev–Trinajstić information content (AvgIpc) is 2.33. The zero-order chi connectivity index (χ0) is 11.5. The predicted molar refractivity (Wildman–Crippen MR) is 73.2 cm³/mol. The largest absolute Gasteiger partial charge is 0.339 e. The quantitative estimate of drug-likeness (QED) is 0.731. The van der Waals surface area contributed by atoms with Crippen LogP contribution >= 0.6 is 27.7 Å². The second-order valence-corrected chi connectivity index (χ2v) is 7.05. The van der Waals surface area contributed by atoms with Gasteiger partial charge in [-0.15, -0.1) is 0 Å². The number of carbonyl (C=O) groups is 1. The monoisotopic (exact) mass is 305 g/mol. The molecular weight excluding hydrogens is 286 g/mol. The van der Waals surface area contributed by atoms with Crippen molar-refractivity contribution in [2.75, 3.05) is 12.8 Å². The number of piperidine rings is 1. The van der Waals surface area contributed by atoms with E-state index in [2.05, 4.69) is 27.1 Å². The molecule has 1 saturated carbocycles. The molecule has 1 aliphatic carbocycles. The van der Waals surface area contributed by atoms with Crippen LogP contribution in [-0.4, -0.2) is 39.7 Å². The Labute approximate surface area is 111 Å². The Balaban J connectivity index is 1.90. The van der Waals surface area contributed by atoms with Gasteiger partial charge in [-0.25, -0.2) is 0 Å². The highest BCUT2D eigenvalue weighted by Gasteiger charge is 2.33. The minimum atomic E-state index is 0.0829. The van der Waals surface area contributed by atoms with Gasteiger partial charge >= 0.3 is 0 Å². The molecule has 1 amide bonds. The van der Waals surface area contributed by atoms with Crippen molar-refractivity contribution in [1.29, 1.82) is 0 Å². The first-order chi connectivity index (χ1) is 7.72. The third kappa shape index (κ3) is 2.76. The van der Waals surface area contributed by atoms with Gasteiger partial charge in [-0.05, 0) is 44.8 Å². The average molecular weight is 306 g/mol. The van der Waals surface area contributed by atoms with E-state index < -0.39 is 0 Å². The maximum atomic E-state index is 12.0. The van der Waals surface area contributed by atoms with Crippen molar-refractivity contribution in [3.05, 3.63) is 0 Å². The Morgan fingerprint density at radius 1 is 1.25 bits per heavy atom. The number of carbonyl (C=O) groups excluding carboxylic acids is 1. The van der Waals surface area contributed by atoms with Gasteiger partial charge in [0.05, 0.1) is 4.83 Å². The summed E-state index contributed by atoms with van der Waals surface area (Å²) in [5.74, 6) is 0.332. The summed E-state index contributed by atoms with van der Waals surface area (Å²) >= 11 is 5.47. The number of thioether (sulfide) groups is 1. The molecule has 2 nitrogen and oxygen atoms in total. The molecular formula is C12H20BrNOS. The third-order valence-electron chi connectivity index (χ3n) is 3.83. The van der Waals surface area contributed by atoms with Crippen molar-refractivity contribution in [2.24, 2.45) is 0 Å². The van der Waals surface area contributed by atoms with Crippen molar-refractivity contribution in [3.8, 4) is 0 Å². The van der Waals surface area contributed by atoms with Gasteiger partial charge in [-0.3, -0.25) is 4.79 Å². The van der Waals surface area contributed by atoms with Crippen LogP contribution in [-0.2, 0) is 4.79 Å². The number of hydrogen-bond donors (Lipinski definition) is 0. The fraction of sp³-hybridized carbons (Fsp3) is 0.917. The van der Waals surface area contributed by atoms with E-state index in [0.717, 1.165) is 24.6 Å². The summed E-state index contributed by atoms with van der Waals surface area (Å²) in [6.45, 7) is 0.982. The predicted octanol–water partition coefficient (Wildman–Crippen LogP) is 3.05. The van der Waals surface area contributed by atoms with Crippen LogP contribution in [0.3, 0.4) is 0 Å². The summed E-state index contributed by atoms with van der Waals surface area (Å²) in [6.07, 6.45) is 9.34. The second-order valence-electron chi connectivity index (χ2n) is 4.81. The van der Waals surface area contributed by atoms with Crippen LogP contribution in [0.25, 0.3) is 0 Å². The van der Waals surface area contributed by atoms with E-state index in [0.29, 0.717) is 11.9 Å². The molecule has 16 heavy (non-hydrogen) atoms. The maximum Gasteiger partial charge on any atom is 0.236 e. The van der Waals surface area contributed by atoms with Crippen molar-refractivity contribution >= 4 is 33.6 Å². The molecule has 0 aromatic heterocycles. The molecule has 0 bridgehead atoms. The molecule has 0 aromatic carbocycles. The van der Waals surface area contributed by atoms with E-state index in [9.17, 15) is 4.79 Å². The Kier molecular flexibility index (Phi) is 4.59. The highest BCUT2D eigenvalue weighted by Crippen LogP contribution is 2.32. The maximum absolute atomic E-state index is 12.0. The van der Waals surface area contributed by atoms with Gasteiger partial charge in [0.15, 0.2) is 0 Å². The van der Waals surface area contributed by atoms with Crippen LogP contribution in [0.5, 0.6) is 0 Å². The molecule has 1 atom stereocenters. The number of rotatable bonds is 2. The van der Waals surface area contributed by atoms with E-state index >= 15 is 0 Å². The summed E-state index contributed by atoms with van der Waals surface area (Å²) < 4.78 is 0. The Morgan fingerprint density at radius 3 is 2.56 bits per heavy atom. The van der Waals surface area contributed by atoms with Crippen LogP contribution in [0.15, 0.2) is 0 Å². The third-order valence-corrected chi connectivity index (χ3v) is 5.81. The minimum Gasteiger partial charge on any atom is -0.339 e. The van der Waals surface area contributed by atoms with Gasteiger partial charge in [0.25, 0.3) is 0 Å². The number of nitrogens with zero attached hydrogens (tertiary/aromatic N) is 1. The van der Waals surface area contributed by atoms with Gasteiger partial charge < -0.3 is 4.90 Å². The van der Waals surface area contributed by atoms with Crippen LogP contribution in [0.2, 0.25) is 0 Å². The summed E-state index contributed by atoms with van der Waals surface area (Å²) in [5, 5.41) is 0.830. The normalized spacial score (nSPS) is 36.5. The van der Waals surface area contributed by atoms with Crippen LogP contribution in [0.4, 0.5) is 0 Å². The lowest BCUT2D eigenvalue weighted by Gasteiger charge is -2.40. The number of amides is 1. The first-order valence-electron chi connectivity index (χ1n) is 6.19. The summed E-state index contributed by atoms with van der Waals surface area (Å²) in [4.78, 5) is 14.3. The first-order valence-corrected chi connectivity index (χ1v) is 8.40. The fourth-order valence-corrected chi connectivity index (χ4v) is 4.14. The van der Waals surface area contributed by atoms with Crippen molar-refractivity contribution in [3.63, 3.8) is 0 Å². The SMILES string of the molecule is CSC1CCC(N2CCCC(Br)C2=O)CC1. The number of likely N-dealkylation sites (tertiary alicyclic amines) is 1. The molecule has 1 heterocycles. The van der Waals surface area contributed by atoms with Crippen molar-refractivity contribution in [2.45, 2.75) is 54.6 Å². The summed E-state index contributed by atoms with van der Waals surface area (Å²) in [7, 11) is 0. The van der Waals surface area contributed by atoms with Gasteiger partial charge in [0.2, 0.25) is 5.91 Å². The molecule has 4 heteroatoms. The zero-order valence-corrected chi connectivity index (χ0v) is 12.2. The second kappa shape index (κ2) is 5.76. The molecule has 2 aliphatic rings. The summed E-state index contributed by atoms with van der Waals surface area (Å²) in [5.41, 5.74) is 0. The van der Waals surface area contributed by atoms with Gasteiger partial charge in [-0.1, -0.05) is 15.9 Å². The highest BCUT2D eigenvalue weighted by atomic mass is 79.9. The lowest BCUT2D eigenvalue weighted by atomic mass is 9.92. The molecule has 2 fully saturated rings. The molecule has 1 unspecified atom stereocenters. The molecule has 1 saturated heterocycles. The fourth-order valence-electron chi connectivity index (χ4n) is 2.81. The van der Waals surface area contributed by atoms with Crippen LogP contribution in [0.1, 0.15) is 38.5 Å². The van der Waals surface area contributed by atoms with Gasteiger partial charge in [-0.2, -0.15) is 11.8 Å². The molecule has 0 N–H and O–H groups in total. The summed E-state index contributed by atoms with van der Waals surface area (Å²) in [6, 6.07) is 0.524. The molecule has 2 rings (SSSR count). The molecule has 0 radical (unpaired) electrons. The number of alkyl halides is 1. The lowest BCUT2D eigenvalue weighted by molar-refractivity contribution is -0.135. The van der Waals surface area contributed by atoms with Crippen molar-refractivity contribution < 1.29 is 4.79 Å². The minimum absolute atomic E-state index is 0.0829. The van der Waals surface area contributed by atoms with Crippen molar-refractivity contribution in [1.82, 2.24) is 4.90 Å². The Bertz CT molecular complexity index is 253. The van der Waals surface area contributed by atoms with E-state index in [-0.39, 0.29) is 4.83 Å². The molecule has 92 valence electrons. The van der Waals surface area contributed by atoms with Gasteiger partial charge in [0, 0.05) is 17.8 Å². The first kappa shape index (κ1) is 12.7. The number of halogens is 1. The van der Waals surface area contributed by atoms with Crippen LogP contribution in [0, 0.1) is 0 Å². The van der Waals surface area contributed by atoms with E-state index in [4.69, 9.17) is 0 Å². The molecule has 1 aliphatic heterocycles. The zero-order valence-electron chi connectivity index (χ0n) is 9.82. The van der Waals surface area contributed by atoms with Gasteiger partial charge in [0.1, 0.15) is 0 Å². The topological polar surface area (TPSA) is 20.3 Å².